The fourth-order valence-electron chi connectivity index (χ4n) is 4.02. The molecule has 2 aromatic carbocycles. The molecule has 1 aliphatic heterocycles. The van der Waals surface area contributed by atoms with E-state index in [2.05, 4.69) is 6.58 Å². The van der Waals surface area contributed by atoms with Gasteiger partial charge in [0.25, 0.3) is 0 Å². The van der Waals surface area contributed by atoms with Crippen LogP contribution in [0.1, 0.15) is 31.9 Å². The molecule has 2 aromatic rings. The highest BCUT2D eigenvalue weighted by Crippen LogP contribution is 2.33. The molecule has 0 aliphatic carbocycles. The number of methoxy groups -OCH3 is 1. The van der Waals surface area contributed by atoms with Crippen molar-refractivity contribution in [2.75, 3.05) is 20.4 Å². The Morgan fingerprint density at radius 1 is 1.03 bits per heavy atom. The first kappa shape index (κ1) is 26.7. The zero-order valence-corrected chi connectivity index (χ0v) is 21.4. The lowest BCUT2D eigenvalue weighted by molar-refractivity contribution is -0.111. The largest absolute Gasteiger partial charge is 0.369 e. The van der Waals surface area contributed by atoms with Gasteiger partial charge in [-0.1, -0.05) is 66.7 Å². The summed E-state index contributed by atoms with van der Waals surface area (Å²) >= 11 is 0. The fourth-order valence-corrected chi connectivity index (χ4v) is 5.46. The maximum Gasteiger partial charge on any atom is 0.147 e. The van der Waals surface area contributed by atoms with Crippen molar-refractivity contribution in [1.29, 1.82) is 0 Å². The van der Waals surface area contributed by atoms with Gasteiger partial charge in [-0.15, -0.1) is 6.58 Å². The van der Waals surface area contributed by atoms with Crippen LogP contribution >= 0.6 is 0 Å². The van der Waals surface area contributed by atoms with E-state index in [9.17, 15) is 4.21 Å². The van der Waals surface area contributed by atoms with Crippen LogP contribution < -0.4 is 0 Å². The van der Waals surface area contributed by atoms with Gasteiger partial charge in [-0.25, -0.2) is 8.51 Å². The first-order valence-corrected chi connectivity index (χ1v) is 12.7. The van der Waals surface area contributed by atoms with Crippen LogP contribution in [0, 0.1) is 0 Å². The van der Waals surface area contributed by atoms with E-state index < -0.39 is 21.8 Å². The summed E-state index contributed by atoms with van der Waals surface area (Å²) in [6.45, 7) is 11.3. The number of ether oxygens (including phenoxy) is 4. The third-order valence-electron chi connectivity index (χ3n) is 5.67. The monoisotopic (exact) mass is 487 g/mol. The van der Waals surface area contributed by atoms with Crippen LogP contribution in [0.25, 0.3) is 0 Å². The smallest absolute Gasteiger partial charge is 0.147 e. The molecule has 186 valence electrons. The zero-order valence-electron chi connectivity index (χ0n) is 20.6. The van der Waals surface area contributed by atoms with Crippen molar-refractivity contribution < 1.29 is 23.2 Å². The highest BCUT2D eigenvalue weighted by molar-refractivity contribution is 7.84. The number of hydrogen-bond acceptors (Lipinski definition) is 5. The van der Waals surface area contributed by atoms with Crippen molar-refractivity contribution >= 4 is 11.0 Å². The summed E-state index contributed by atoms with van der Waals surface area (Å²) in [4.78, 5) is 0. The number of nitrogens with zero attached hydrogens (tertiary/aromatic N) is 1. The SMILES string of the molecule is C=C[C@@H](OCOC)[C@@H]1[C@H](OCc2ccccc2)[C@H](OCc2ccccc2)CN1[S@](=O)C(C)(C)C. The van der Waals surface area contributed by atoms with Crippen LogP contribution in [0.3, 0.4) is 0 Å². The minimum atomic E-state index is -1.30. The molecule has 0 bridgehead atoms. The summed E-state index contributed by atoms with van der Waals surface area (Å²) < 4.78 is 39.1. The molecule has 0 saturated carbocycles. The standard InChI is InChI=1S/C27H37NO5S/c1-6-23(33-20-30-5)25-26(32-19-22-15-11-8-12-16-22)24(17-28(25)34(29)27(2,3)4)31-18-21-13-9-7-10-14-21/h6-16,23-26H,1,17-20H2,2-5H3/t23-,24-,25-,26-,34-/m1/s1. The molecule has 0 amide bonds. The lowest BCUT2D eigenvalue weighted by atomic mass is 10.0. The number of rotatable bonds is 12. The Bertz CT molecular complexity index is 902. The molecule has 0 radical (unpaired) electrons. The Balaban J connectivity index is 1.90. The van der Waals surface area contributed by atoms with Crippen LogP contribution in [0.2, 0.25) is 0 Å². The molecular weight excluding hydrogens is 450 g/mol. The molecule has 0 N–H and O–H groups in total. The minimum Gasteiger partial charge on any atom is -0.369 e. The normalized spacial score (nSPS) is 23.0. The van der Waals surface area contributed by atoms with Crippen LogP contribution in [0.15, 0.2) is 73.3 Å². The highest BCUT2D eigenvalue weighted by atomic mass is 32.2. The predicted molar refractivity (Wildman–Crippen MR) is 135 cm³/mol. The second-order valence-electron chi connectivity index (χ2n) is 9.32. The summed E-state index contributed by atoms with van der Waals surface area (Å²) in [7, 11) is 0.275. The minimum absolute atomic E-state index is 0.101. The first-order chi connectivity index (χ1) is 16.3. The average Bonchev–Trinajstić information content (AvgIpc) is 3.20. The molecule has 1 saturated heterocycles. The van der Waals surface area contributed by atoms with Crippen molar-refractivity contribution in [3.8, 4) is 0 Å². The van der Waals surface area contributed by atoms with E-state index in [0.29, 0.717) is 19.8 Å². The molecule has 1 aliphatic rings. The fraction of sp³-hybridized carbons (Fsp3) is 0.481. The molecule has 1 fully saturated rings. The summed E-state index contributed by atoms with van der Waals surface area (Å²) in [5.74, 6) is 0. The molecule has 5 atom stereocenters. The van der Waals surface area contributed by atoms with Crippen molar-refractivity contribution in [1.82, 2.24) is 4.31 Å². The molecule has 0 unspecified atom stereocenters. The third-order valence-corrected chi connectivity index (χ3v) is 7.54. The van der Waals surface area contributed by atoms with Gasteiger partial charge in [-0.2, -0.15) is 0 Å². The molecular formula is C27H37NO5S. The van der Waals surface area contributed by atoms with Crippen LogP contribution in [-0.4, -0.2) is 58.1 Å². The summed E-state index contributed by atoms with van der Waals surface area (Å²) in [5.41, 5.74) is 2.14. The van der Waals surface area contributed by atoms with E-state index >= 15 is 0 Å². The Morgan fingerprint density at radius 2 is 1.59 bits per heavy atom. The van der Waals surface area contributed by atoms with Crippen LogP contribution in [-0.2, 0) is 43.1 Å². The Morgan fingerprint density at radius 3 is 2.09 bits per heavy atom. The quantitative estimate of drug-likeness (QED) is 0.326. The number of hydrogen-bond donors (Lipinski definition) is 0. The molecule has 0 aromatic heterocycles. The average molecular weight is 488 g/mol. The van der Waals surface area contributed by atoms with E-state index in [1.54, 1.807) is 13.2 Å². The highest BCUT2D eigenvalue weighted by Gasteiger charge is 2.50. The van der Waals surface area contributed by atoms with Crippen molar-refractivity contribution in [2.24, 2.45) is 0 Å². The lowest BCUT2D eigenvalue weighted by Crippen LogP contribution is -2.50. The second-order valence-corrected chi connectivity index (χ2v) is 11.5. The molecule has 0 spiro atoms. The Labute approximate surface area is 206 Å². The van der Waals surface area contributed by atoms with Gasteiger partial charge in [0.15, 0.2) is 0 Å². The van der Waals surface area contributed by atoms with Gasteiger partial charge in [-0.3, -0.25) is 0 Å². The summed E-state index contributed by atoms with van der Waals surface area (Å²) in [6.07, 6.45) is 0.607. The van der Waals surface area contributed by atoms with E-state index in [1.807, 2.05) is 85.7 Å². The van der Waals surface area contributed by atoms with Gasteiger partial charge in [-0.05, 0) is 31.9 Å². The van der Waals surface area contributed by atoms with E-state index in [4.69, 9.17) is 18.9 Å². The molecule has 7 heteroatoms. The maximum absolute atomic E-state index is 13.6. The summed E-state index contributed by atoms with van der Waals surface area (Å²) in [6, 6.07) is 19.7. The maximum atomic E-state index is 13.6. The van der Waals surface area contributed by atoms with Gasteiger partial charge in [0.1, 0.15) is 23.9 Å². The molecule has 6 nitrogen and oxygen atoms in total. The Kier molecular flexibility index (Phi) is 10.0. The van der Waals surface area contributed by atoms with Crippen LogP contribution in [0.4, 0.5) is 0 Å². The van der Waals surface area contributed by atoms with Crippen molar-refractivity contribution in [3.63, 3.8) is 0 Å². The van der Waals surface area contributed by atoms with Gasteiger partial charge in [0, 0.05) is 13.7 Å². The van der Waals surface area contributed by atoms with E-state index in [-0.39, 0.29) is 25.0 Å². The lowest BCUT2D eigenvalue weighted by Gasteiger charge is -2.35. The molecule has 3 rings (SSSR count). The molecule has 34 heavy (non-hydrogen) atoms. The zero-order chi connectivity index (χ0) is 24.6. The van der Waals surface area contributed by atoms with Crippen molar-refractivity contribution in [2.45, 2.75) is 63.1 Å². The predicted octanol–water partition coefficient (Wildman–Crippen LogP) is 4.48. The van der Waals surface area contributed by atoms with Gasteiger partial charge in [0.2, 0.25) is 0 Å². The summed E-state index contributed by atoms with van der Waals surface area (Å²) in [5, 5.41) is 0. The van der Waals surface area contributed by atoms with Gasteiger partial charge >= 0.3 is 0 Å². The topological polar surface area (TPSA) is 57.2 Å². The van der Waals surface area contributed by atoms with Gasteiger partial charge in [0.05, 0.1) is 36.2 Å². The van der Waals surface area contributed by atoms with Gasteiger partial charge < -0.3 is 18.9 Å². The third kappa shape index (κ3) is 7.07. The Hall–Kier alpha value is -1.87. The number of benzene rings is 2. The van der Waals surface area contributed by atoms with E-state index in [1.165, 1.54) is 0 Å². The van der Waals surface area contributed by atoms with Crippen LogP contribution in [0.5, 0.6) is 0 Å². The molecule has 1 heterocycles. The first-order valence-electron chi connectivity index (χ1n) is 11.6. The van der Waals surface area contributed by atoms with E-state index in [0.717, 1.165) is 11.1 Å². The second kappa shape index (κ2) is 12.7. The van der Waals surface area contributed by atoms with Crippen molar-refractivity contribution in [3.05, 3.63) is 84.4 Å².